The Morgan fingerprint density at radius 3 is 2.45 bits per heavy atom. The van der Waals surface area contributed by atoms with Crippen molar-refractivity contribution in [3.05, 3.63) is 75.3 Å². The van der Waals surface area contributed by atoms with E-state index in [4.69, 9.17) is 5.73 Å². The molecular weight excluding hydrogens is 286 g/mol. The first-order valence-electron chi connectivity index (χ1n) is 6.39. The molecule has 0 fully saturated rings. The number of benzene rings is 2. The van der Waals surface area contributed by atoms with Crippen molar-refractivity contribution in [2.24, 2.45) is 5.73 Å². The molecule has 0 unspecified atom stereocenters. The molecule has 22 heavy (non-hydrogen) atoms. The Kier molecular flexibility index (Phi) is 4.47. The van der Waals surface area contributed by atoms with E-state index in [-0.39, 0.29) is 17.8 Å². The summed E-state index contributed by atoms with van der Waals surface area (Å²) in [6, 6.07) is 12.0. The summed E-state index contributed by atoms with van der Waals surface area (Å²) in [5.41, 5.74) is 6.26. The van der Waals surface area contributed by atoms with Crippen LogP contribution in [-0.2, 0) is 6.54 Å². The lowest BCUT2D eigenvalue weighted by Crippen LogP contribution is -2.23. The smallest absolute Gasteiger partial charge is 0.269 e. The molecule has 7 heteroatoms. The average Bonchev–Trinajstić information content (AvgIpc) is 2.53. The molecule has 0 spiro atoms. The van der Waals surface area contributed by atoms with E-state index in [0.717, 1.165) is 0 Å². The molecule has 0 aliphatic rings. The Labute approximate surface area is 125 Å². The Morgan fingerprint density at radius 1 is 1.09 bits per heavy atom. The van der Waals surface area contributed by atoms with Gasteiger partial charge in [0, 0.05) is 29.8 Å². The molecule has 0 saturated heterocycles. The highest BCUT2D eigenvalue weighted by atomic mass is 16.6. The SMILES string of the molecule is NC(=O)c1cccc(C(=O)NCc2cccc([N+](=O)[O-])c2)c1. The van der Waals surface area contributed by atoms with Crippen LogP contribution in [0.25, 0.3) is 0 Å². The number of hydrogen-bond acceptors (Lipinski definition) is 4. The summed E-state index contributed by atoms with van der Waals surface area (Å²) in [5.74, 6) is -1.01. The predicted molar refractivity (Wildman–Crippen MR) is 79.2 cm³/mol. The minimum absolute atomic E-state index is 0.0394. The summed E-state index contributed by atoms with van der Waals surface area (Å²) in [6.45, 7) is 0.140. The van der Waals surface area contributed by atoms with Crippen LogP contribution in [-0.4, -0.2) is 16.7 Å². The van der Waals surface area contributed by atoms with Crippen LogP contribution in [0.1, 0.15) is 26.3 Å². The third-order valence-electron chi connectivity index (χ3n) is 2.98. The largest absolute Gasteiger partial charge is 0.366 e. The first-order chi connectivity index (χ1) is 10.5. The number of rotatable bonds is 5. The Morgan fingerprint density at radius 2 is 1.77 bits per heavy atom. The topological polar surface area (TPSA) is 115 Å². The second-order valence-corrected chi connectivity index (χ2v) is 4.55. The lowest BCUT2D eigenvalue weighted by molar-refractivity contribution is -0.384. The molecule has 2 aromatic rings. The fourth-order valence-corrected chi connectivity index (χ4v) is 1.88. The second kappa shape index (κ2) is 6.49. The molecule has 112 valence electrons. The van der Waals surface area contributed by atoms with Crippen LogP contribution in [0.5, 0.6) is 0 Å². The van der Waals surface area contributed by atoms with Gasteiger partial charge in [0.2, 0.25) is 5.91 Å². The number of non-ortho nitro benzene ring substituents is 1. The number of nitro groups is 1. The first kappa shape index (κ1) is 15.2. The zero-order valence-corrected chi connectivity index (χ0v) is 11.5. The highest BCUT2D eigenvalue weighted by Gasteiger charge is 2.10. The molecule has 0 heterocycles. The van der Waals surface area contributed by atoms with E-state index in [2.05, 4.69) is 5.32 Å². The number of carbonyl (C=O) groups is 2. The Hall–Kier alpha value is -3.22. The second-order valence-electron chi connectivity index (χ2n) is 4.55. The molecule has 2 aromatic carbocycles. The van der Waals surface area contributed by atoms with Crippen molar-refractivity contribution in [1.82, 2.24) is 5.32 Å². The monoisotopic (exact) mass is 299 g/mol. The van der Waals surface area contributed by atoms with Gasteiger partial charge in [-0.05, 0) is 23.8 Å². The Balaban J connectivity index is 2.07. The van der Waals surface area contributed by atoms with E-state index in [1.54, 1.807) is 24.3 Å². The fraction of sp³-hybridized carbons (Fsp3) is 0.0667. The van der Waals surface area contributed by atoms with Crippen molar-refractivity contribution < 1.29 is 14.5 Å². The average molecular weight is 299 g/mol. The van der Waals surface area contributed by atoms with Gasteiger partial charge in [-0.2, -0.15) is 0 Å². The van der Waals surface area contributed by atoms with Crippen molar-refractivity contribution in [2.45, 2.75) is 6.54 Å². The van der Waals surface area contributed by atoms with Crippen LogP contribution in [0.2, 0.25) is 0 Å². The minimum Gasteiger partial charge on any atom is -0.366 e. The summed E-state index contributed by atoms with van der Waals surface area (Å²) < 4.78 is 0. The van der Waals surface area contributed by atoms with Gasteiger partial charge in [-0.15, -0.1) is 0 Å². The zero-order chi connectivity index (χ0) is 16.1. The first-order valence-corrected chi connectivity index (χ1v) is 6.39. The normalized spacial score (nSPS) is 10.0. The number of carbonyl (C=O) groups excluding carboxylic acids is 2. The molecular formula is C15H13N3O4. The van der Waals surface area contributed by atoms with Crippen LogP contribution >= 0.6 is 0 Å². The van der Waals surface area contributed by atoms with Crippen LogP contribution < -0.4 is 11.1 Å². The number of nitrogens with zero attached hydrogens (tertiary/aromatic N) is 1. The summed E-state index contributed by atoms with van der Waals surface area (Å²) in [7, 11) is 0. The number of nitrogens with two attached hydrogens (primary N) is 1. The highest BCUT2D eigenvalue weighted by molar-refractivity contribution is 5.99. The lowest BCUT2D eigenvalue weighted by atomic mass is 10.1. The predicted octanol–water partition coefficient (Wildman–Crippen LogP) is 1.62. The number of amides is 2. The van der Waals surface area contributed by atoms with Crippen LogP contribution in [0.3, 0.4) is 0 Å². The Bertz CT molecular complexity index is 743. The standard InChI is InChI=1S/C15H13N3O4/c16-14(19)11-4-2-5-12(8-11)15(20)17-9-10-3-1-6-13(7-10)18(21)22/h1-8H,9H2,(H2,16,19)(H,17,20). The number of nitro benzene ring substituents is 1. The van der Waals surface area contributed by atoms with Crippen molar-refractivity contribution in [2.75, 3.05) is 0 Å². The van der Waals surface area contributed by atoms with E-state index < -0.39 is 16.7 Å². The van der Waals surface area contributed by atoms with Gasteiger partial charge in [-0.3, -0.25) is 19.7 Å². The molecule has 2 rings (SSSR count). The number of primary amides is 1. The van der Waals surface area contributed by atoms with Crippen molar-refractivity contribution in [3.63, 3.8) is 0 Å². The molecule has 3 N–H and O–H groups in total. The van der Waals surface area contributed by atoms with Gasteiger partial charge in [0.1, 0.15) is 0 Å². The zero-order valence-electron chi connectivity index (χ0n) is 11.5. The molecule has 7 nitrogen and oxygen atoms in total. The molecule has 0 bridgehead atoms. The molecule has 0 saturated carbocycles. The number of nitrogens with one attached hydrogen (secondary N) is 1. The molecule has 0 aromatic heterocycles. The molecule has 0 radical (unpaired) electrons. The van der Waals surface area contributed by atoms with Crippen LogP contribution in [0, 0.1) is 10.1 Å². The summed E-state index contributed by atoms with van der Waals surface area (Å²) in [6.07, 6.45) is 0. The summed E-state index contributed by atoms with van der Waals surface area (Å²) in [4.78, 5) is 33.3. The van der Waals surface area contributed by atoms with Gasteiger partial charge >= 0.3 is 0 Å². The quantitative estimate of drug-likeness (QED) is 0.644. The maximum absolute atomic E-state index is 12.0. The molecule has 0 aliphatic heterocycles. The minimum atomic E-state index is -0.617. The van der Waals surface area contributed by atoms with Crippen molar-refractivity contribution in [3.8, 4) is 0 Å². The van der Waals surface area contributed by atoms with Crippen LogP contribution in [0.4, 0.5) is 5.69 Å². The van der Waals surface area contributed by atoms with Gasteiger partial charge in [0.25, 0.3) is 11.6 Å². The molecule has 0 aliphatic carbocycles. The maximum atomic E-state index is 12.0. The van der Waals surface area contributed by atoms with Gasteiger partial charge < -0.3 is 11.1 Å². The van der Waals surface area contributed by atoms with Crippen LogP contribution in [0.15, 0.2) is 48.5 Å². The van der Waals surface area contributed by atoms with E-state index in [0.29, 0.717) is 11.1 Å². The van der Waals surface area contributed by atoms with E-state index in [9.17, 15) is 19.7 Å². The van der Waals surface area contributed by atoms with Gasteiger partial charge in [0.15, 0.2) is 0 Å². The third-order valence-corrected chi connectivity index (χ3v) is 2.98. The maximum Gasteiger partial charge on any atom is 0.269 e. The number of hydrogen-bond donors (Lipinski definition) is 2. The summed E-state index contributed by atoms with van der Waals surface area (Å²) >= 11 is 0. The van der Waals surface area contributed by atoms with E-state index >= 15 is 0 Å². The van der Waals surface area contributed by atoms with Gasteiger partial charge in [-0.1, -0.05) is 18.2 Å². The fourth-order valence-electron chi connectivity index (χ4n) is 1.88. The lowest BCUT2D eigenvalue weighted by Gasteiger charge is -2.06. The van der Waals surface area contributed by atoms with E-state index in [1.165, 1.54) is 24.3 Å². The van der Waals surface area contributed by atoms with Crippen molar-refractivity contribution in [1.29, 1.82) is 0 Å². The van der Waals surface area contributed by atoms with Crippen molar-refractivity contribution >= 4 is 17.5 Å². The van der Waals surface area contributed by atoms with E-state index in [1.807, 2.05) is 0 Å². The van der Waals surface area contributed by atoms with Gasteiger partial charge in [0.05, 0.1) is 4.92 Å². The highest BCUT2D eigenvalue weighted by Crippen LogP contribution is 2.13. The summed E-state index contributed by atoms with van der Waals surface area (Å²) in [5, 5.41) is 13.3. The van der Waals surface area contributed by atoms with Gasteiger partial charge in [-0.25, -0.2) is 0 Å². The molecule has 2 amide bonds. The molecule has 0 atom stereocenters. The third kappa shape index (κ3) is 3.66.